The van der Waals surface area contributed by atoms with Crippen molar-refractivity contribution in [2.75, 3.05) is 26.3 Å². The van der Waals surface area contributed by atoms with Gasteiger partial charge in [0.2, 0.25) is 5.91 Å². The van der Waals surface area contributed by atoms with Crippen LogP contribution in [0.1, 0.15) is 63.4 Å². The molecule has 6 heteroatoms. The van der Waals surface area contributed by atoms with Crippen LogP contribution in [-0.2, 0) is 4.79 Å². The average Bonchev–Trinajstić information content (AvgIpc) is 2.98. The van der Waals surface area contributed by atoms with E-state index in [-0.39, 0.29) is 11.4 Å². The van der Waals surface area contributed by atoms with E-state index in [1.54, 1.807) is 0 Å². The van der Waals surface area contributed by atoms with Crippen LogP contribution in [0.15, 0.2) is 18.2 Å². The molecule has 3 aliphatic rings. The Morgan fingerprint density at radius 2 is 1.79 bits per heavy atom. The lowest BCUT2D eigenvalue weighted by Gasteiger charge is -2.47. The molecule has 2 aliphatic heterocycles. The zero-order chi connectivity index (χ0) is 19.7. The summed E-state index contributed by atoms with van der Waals surface area (Å²) in [5.41, 5.74) is 0.990. The fraction of sp³-hybridized carbons (Fsp3) is 0.682. The first-order valence-electron chi connectivity index (χ1n) is 10.8. The minimum absolute atomic E-state index is 0.238. The molecule has 2 unspecified atom stereocenters. The standard InChI is InChI=1S/C22H31Cl2N3O/c1-2-9-27-15-25-21(28)22(27)7-10-26(11-8-22)20-6-4-3-5-19(20)16-12-17(23)14-18(24)13-16/h12-14,19-20H,2-11,15H2,1H3,(H,25,28). The molecule has 1 spiro atoms. The first-order valence-corrected chi connectivity index (χ1v) is 11.5. The number of likely N-dealkylation sites (tertiary alicyclic amines) is 1. The lowest BCUT2D eigenvalue weighted by Crippen LogP contribution is -2.58. The van der Waals surface area contributed by atoms with Crippen molar-refractivity contribution in [3.8, 4) is 0 Å². The van der Waals surface area contributed by atoms with Gasteiger partial charge < -0.3 is 5.32 Å². The number of nitrogens with one attached hydrogen (secondary N) is 1. The molecule has 4 rings (SSSR count). The number of benzene rings is 1. The largest absolute Gasteiger partial charge is 0.342 e. The summed E-state index contributed by atoms with van der Waals surface area (Å²) in [5, 5.41) is 4.54. The summed E-state index contributed by atoms with van der Waals surface area (Å²) in [6, 6.07) is 6.52. The lowest BCUT2D eigenvalue weighted by atomic mass is 9.77. The third-order valence-electron chi connectivity index (χ3n) is 7.09. The van der Waals surface area contributed by atoms with E-state index >= 15 is 0 Å². The SMILES string of the molecule is CCCN1CNC(=O)C12CCN(C1CCCCC1c1cc(Cl)cc(Cl)c1)CC2. The molecule has 1 aromatic rings. The predicted octanol–water partition coefficient (Wildman–Crippen LogP) is 4.65. The molecule has 0 aromatic heterocycles. The summed E-state index contributed by atoms with van der Waals surface area (Å²) in [7, 11) is 0. The number of amides is 1. The summed E-state index contributed by atoms with van der Waals surface area (Å²) < 4.78 is 0. The van der Waals surface area contributed by atoms with Gasteiger partial charge in [0.15, 0.2) is 0 Å². The van der Waals surface area contributed by atoms with Crippen LogP contribution in [0.4, 0.5) is 0 Å². The average molecular weight is 424 g/mol. The normalized spacial score (nSPS) is 28.6. The Morgan fingerprint density at radius 3 is 2.46 bits per heavy atom. The van der Waals surface area contributed by atoms with Gasteiger partial charge in [0.25, 0.3) is 0 Å². The van der Waals surface area contributed by atoms with Gasteiger partial charge in [-0.05, 0) is 61.8 Å². The highest BCUT2D eigenvalue weighted by molar-refractivity contribution is 6.34. The molecule has 3 fully saturated rings. The lowest BCUT2D eigenvalue weighted by molar-refractivity contribution is -0.129. The number of hydrogen-bond acceptors (Lipinski definition) is 3. The summed E-state index contributed by atoms with van der Waals surface area (Å²) in [5.74, 6) is 0.713. The van der Waals surface area contributed by atoms with E-state index in [1.807, 2.05) is 6.07 Å². The fourth-order valence-electron chi connectivity index (χ4n) is 5.68. The first-order chi connectivity index (χ1) is 13.5. The minimum atomic E-state index is -0.282. The Morgan fingerprint density at radius 1 is 1.11 bits per heavy atom. The van der Waals surface area contributed by atoms with Crippen LogP contribution < -0.4 is 5.32 Å². The van der Waals surface area contributed by atoms with Crippen LogP contribution in [0.2, 0.25) is 10.0 Å². The quantitative estimate of drug-likeness (QED) is 0.764. The number of rotatable bonds is 4. The van der Waals surface area contributed by atoms with Gasteiger partial charge in [-0.3, -0.25) is 14.6 Å². The number of nitrogens with zero attached hydrogens (tertiary/aromatic N) is 2. The summed E-state index contributed by atoms with van der Waals surface area (Å²) in [4.78, 5) is 17.7. The maximum absolute atomic E-state index is 12.7. The Labute approximate surface area is 178 Å². The van der Waals surface area contributed by atoms with Crippen molar-refractivity contribution >= 4 is 29.1 Å². The zero-order valence-corrected chi connectivity index (χ0v) is 18.2. The molecule has 4 nitrogen and oxygen atoms in total. The molecule has 1 saturated carbocycles. The van der Waals surface area contributed by atoms with Gasteiger partial charge in [0.1, 0.15) is 5.54 Å². The molecule has 154 valence electrons. The van der Waals surface area contributed by atoms with Crippen LogP contribution in [0, 0.1) is 0 Å². The van der Waals surface area contributed by atoms with Crippen molar-refractivity contribution in [1.29, 1.82) is 0 Å². The highest BCUT2D eigenvalue weighted by Gasteiger charge is 2.50. The summed E-state index contributed by atoms with van der Waals surface area (Å²) >= 11 is 12.6. The van der Waals surface area contributed by atoms with E-state index in [2.05, 4.69) is 34.2 Å². The van der Waals surface area contributed by atoms with Crippen molar-refractivity contribution < 1.29 is 4.79 Å². The van der Waals surface area contributed by atoms with Gasteiger partial charge in [-0.15, -0.1) is 0 Å². The highest BCUT2D eigenvalue weighted by atomic mass is 35.5. The molecule has 28 heavy (non-hydrogen) atoms. The second-order valence-corrected chi connectivity index (χ2v) is 9.53. The molecule has 2 heterocycles. The topological polar surface area (TPSA) is 35.6 Å². The molecule has 2 atom stereocenters. The molecule has 0 bridgehead atoms. The van der Waals surface area contributed by atoms with Crippen molar-refractivity contribution in [1.82, 2.24) is 15.1 Å². The first kappa shape index (κ1) is 20.5. The monoisotopic (exact) mass is 423 g/mol. The van der Waals surface area contributed by atoms with Gasteiger partial charge in [-0.25, -0.2) is 0 Å². The van der Waals surface area contributed by atoms with Crippen molar-refractivity contribution in [2.24, 2.45) is 0 Å². The number of halogens is 2. The molecule has 1 aromatic carbocycles. The minimum Gasteiger partial charge on any atom is -0.342 e. The van der Waals surface area contributed by atoms with Gasteiger partial charge in [0, 0.05) is 35.7 Å². The van der Waals surface area contributed by atoms with Gasteiger partial charge >= 0.3 is 0 Å². The molecule has 1 amide bonds. The van der Waals surface area contributed by atoms with Crippen molar-refractivity contribution in [2.45, 2.75) is 69.4 Å². The van der Waals surface area contributed by atoms with E-state index in [0.717, 1.165) is 48.9 Å². The highest BCUT2D eigenvalue weighted by Crippen LogP contribution is 2.41. The Kier molecular flexibility index (Phi) is 6.22. The van der Waals surface area contributed by atoms with Gasteiger partial charge in [-0.1, -0.05) is 43.0 Å². The van der Waals surface area contributed by atoms with E-state index < -0.39 is 0 Å². The van der Waals surface area contributed by atoms with Crippen LogP contribution in [0.25, 0.3) is 0 Å². The number of carbonyl (C=O) groups is 1. The van der Waals surface area contributed by atoms with E-state index in [0.29, 0.717) is 18.6 Å². The molecule has 0 radical (unpaired) electrons. The predicted molar refractivity (Wildman–Crippen MR) is 115 cm³/mol. The van der Waals surface area contributed by atoms with Crippen LogP contribution >= 0.6 is 23.2 Å². The van der Waals surface area contributed by atoms with Gasteiger partial charge in [-0.2, -0.15) is 0 Å². The Bertz CT molecular complexity index is 697. The molecule has 1 N–H and O–H groups in total. The van der Waals surface area contributed by atoms with Crippen LogP contribution in [-0.4, -0.2) is 53.6 Å². The van der Waals surface area contributed by atoms with E-state index in [1.165, 1.54) is 31.2 Å². The van der Waals surface area contributed by atoms with Crippen LogP contribution in [0.5, 0.6) is 0 Å². The second-order valence-electron chi connectivity index (χ2n) is 8.66. The zero-order valence-electron chi connectivity index (χ0n) is 16.7. The smallest absolute Gasteiger partial charge is 0.241 e. The Hall–Kier alpha value is -0.810. The van der Waals surface area contributed by atoms with Gasteiger partial charge in [0.05, 0.1) is 6.67 Å². The maximum Gasteiger partial charge on any atom is 0.241 e. The Balaban J connectivity index is 1.50. The number of carbonyl (C=O) groups excluding carboxylic acids is 1. The third-order valence-corrected chi connectivity index (χ3v) is 7.53. The van der Waals surface area contributed by atoms with E-state index in [4.69, 9.17) is 23.2 Å². The number of hydrogen-bond donors (Lipinski definition) is 1. The molecule has 2 saturated heterocycles. The van der Waals surface area contributed by atoms with E-state index in [9.17, 15) is 4.79 Å². The summed E-state index contributed by atoms with van der Waals surface area (Å²) in [6.45, 7) is 5.87. The molecular weight excluding hydrogens is 393 g/mol. The third kappa shape index (κ3) is 3.81. The number of piperidine rings is 1. The molecule has 1 aliphatic carbocycles. The summed E-state index contributed by atoms with van der Waals surface area (Å²) in [6.07, 6.45) is 7.88. The fourth-order valence-corrected chi connectivity index (χ4v) is 6.23. The van der Waals surface area contributed by atoms with Crippen molar-refractivity contribution in [3.05, 3.63) is 33.8 Å². The van der Waals surface area contributed by atoms with Crippen molar-refractivity contribution in [3.63, 3.8) is 0 Å². The molecular formula is C22H31Cl2N3O. The van der Waals surface area contributed by atoms with Crippen LogP contribution in [0.3, 0.4) is 0 Å². The second kappa shape index (κ2) is 8.51. The maximum atomic E-state index is 12.7.